The molecule has 1 atom stereocenters. The Kier molecular flexibility index (Phi) is 9.78. The van der Waals surface area contributed by atoms with Crippen LogP contribution in [0.5, 0.6) is 0 Å². The standard InChI is InChI=1S/C28H39F3N6/c1-10-15-27(7,11-2)37(22(6)34-25-17-23(14-16-32-25)21(5)36(8)9)26-19(3)12-13-24(35-26)20(4)33-18-28(29,30)31/h12-14,16-17,33H,4-6,10-11,15,18H2,1-3,7-9H3,(H,32,34). The zero-order valence-corrected chi connectivity index (χ0v) is 22.8. The van der Waals surface area contributed by atoms with Crippen molar-refractivity contribution in [2.24, 2.45) is 0 Å². The van der Waals surface area contributed by atoms with Crippen molar-refractivity contribution in [3.63, 3.8) is 0 Å². The third-order valence-electron chi connectivity index (χ3n) is 6.36. The van der Waals surface area contributed by atoms with Crippen LogP contribution in [0.25, 0.3) is 11.4 Å². The lowest BCUT2D eigenvalue weighted by molar-refractivity contribution is -0.122. The fraction of sp³-hybridized carbons (Fsp3) is 0.429. The van der Waals surface area contributed by atoms with Crippen molar-refractivity contribution < 1.29 is 13.2 Å². The van der Waals surface area contributed by atoms with Gasteiger partial charge < -0.3 is 20.4 Å². The molecule has 0 fully saturated rings. The average molecular weight is 517 g/mol. The third kappa shape index (κ3) is 7.74. The van der Waals surface area contributed by atoms with E-state index in [-0.39, 0.29) is 11.2 Å². The molecule has 2 heterocycles. The summed E-state index contributed by atoms with van der Waals surface area (Å²) < 4.78 is 38.3. The normalized spacial score (nSPS) is 12.9. The molecule has 0 saturated carbocycles. The first-order valence-corrected chi connectivity index (χ1v) is 12.3. The van der Waals surface area contributed by atoms with Crippen LogP contribution in [0.3, 0.4) is 0 Å². The molecule has 0 aliphatic rings. The zero-order valence-electron chi connectivity index (χ0n) is 22.8. The lowest BCUT2D eigenvalue weighted by Crippen LogP contribution is -2.48. The van der Waals surface area contributed by atoms with Crippen molar-refractivity contribution >= 4 is 23.0 Å². The molecule has 0 saturated heterocycles. The zero-order chi connectivity index (χ0) is 28.0. The number of alkyl halides is 3. The number of rotatable bonds is 13. The highest BCUT2D eigenvalue weighted by molar-refractivity contribution is 5.67. The predicted octanol–water partition coefficient (Wildman–Crippen LogP) is 6.80. The van der Waals surface area contributed by atoms with Gasteiger partial charge in [0.2, 0.25) is 0 Å². The lowest BCUT2D eigenvalue weighted by Gasteiger charge is -2.43. The van der Waals surface area contributed by atoms with Gasteiger partial charge in [-0.3, -0.25) is 0 Å². The highest BCUT2D eigenvalue weighted by atomic mass is 19.4. The van der Waals surface area contributed by atoms with E-state index in [1.165, 1.54) is 0 Å². The molecule has 2 aromatic heterocycles. The number of halogens is 3. The van der Waals surface area contributed by atoms with E-state index in [9.17, 15) is 13.2 Å². The Balaban J connectivity index is 2.51. The number of hydrogen-bond acceptors (Lipinski definition) is 6. The molecule has 37 heavy (non-hydrogen) atoms. The van der Waals surface area contributed by atoms with Gasteiger partial charge in [0.1, 0.15) is 24.0 Å². The molecule has 0 amide bonds. The van der Waals surface area contributed by atoms with Crippen LogP contribution in [0.1, 0.15) is 56.9 Å². The van der Waals surface area contributed by atoms with E-state index in [1.807, 2.05) is 49.0 Å². The van der Waals surface area contributed by atoms with Crippen LogP contribution in [0.4, 0.5) is 24.8 Å². The first-order valence-electron chi connectivity index (χ1n) is 12.3. The topological polar surface area (TPSA) is 56.3 Å². The number of hydrogen-bond donors (Lipinski definition) is 2. The van der Waals surface area contributed by atoms with Crippen molar-refractivity contribution in [1.82, 2.24) is 20.2 Å². The molecule has 0 aliphatic carbocycles. The lowest BCUT2D eigenvalue weighted by atomic mass is 9.90. The van der Waals surface area contributed by atoms with Gasteiger partial charge in [0.05, 0.1) is 11.4 Å². The van der Waals surface area contributed by atoms with Crippen LogP contribution in [-0.2, 0) is 0 Å². The Morgan fingerprint density at radius 3 is 2.32 bits per heavy atom. The van der Waals surface area contributed by atoms with Gasteiger partial charge in [0.25, 0.3) is 0 Å². The van der Waals surface area contributed by atoms with Crippen LogP contribution in [-0.4, -0.2) is 47.2 Å². The minimum absolute atomic E-state index is 0.0994. The Labute approximate surface area is 219 Å². The van der Waals surface area contributed by atoms with Gasteiger partial charge in [-0.1, -0.05) is 46.1 Å². The number of aromatic nitrogens is 2. The summed E-state index contributed by atoms with van der Waals surface area (Å²) in [6.45, 7) is 19.3. The fourth-order valence-electron chi connectivity index (χ4n) is 4.04. The summed E-state index contributed by atoms with van der Waals surface area (Å²) in [5.74, 6) is 1.74. The number of nitrogens with zero attached hydrogens (tertiary/aromatic N) is 4. The molecular formula is C28H39F3N6. The molecule has 2 aromatic rings. The van der Waals surface area contributed by atoms with E-state index in [1.54, 1.807) is 12.3 Å². The molecule has 9 heteroatoms. The monoisotopic (exact) mass is 516 g/mol. The minimum Gasteiger partial charge on any atom is -0.378 e. The summed E-state index contributed by atoms with van der Waals surface area (Å²) in [4.78, 5) is 13.2. The number of anilines is 2. The molecule has 0 aromatic carbocycles. The Bertz CT molecular complexity index is 1130. The van der Waals surface area contributed by atoms with Crippen molar-refractivity contribution in [1.29, 1.82) is 0 Å². The van der Waals surface area contributed by atoms with Crippen molar-refractivity contribution in [2.75, 3.05) is 30.9 Å². The molecule has 202 valence electrons. The Morgan fingerprint density at radius 1 is 1.08 bits per heavy atom. The highest BCUT2D eigenvalue weighted by Gasteiger charge is 2.34. The van der Waals surface area contributed by atoms with Gasteiger partial charge in [0.15, 0.2) is 0 Å². The second-order valence-electron chi connectivity index (χ2n) is 9.56. The largest absolute Gasteiger partial charge is 0.405 e. The average Bonchev–Trinajstić information content (AvgIpc) is 2.83. The molecular weight excluding hydrogens is 477 g/mol. The first kappa shape index (κ1) is 29.7. The first-order chi connectivity index (χ1) is 17.2. The minimum atomic E-state index is -4.36. The van der Waals surface area contributed by atoms with Gasteiger partial charge in [-0.15, -0.1) is 0 Å². The van der Waals surface area contributed by atoms with Crippen LogP contribution in [0.15, 0.2) is 56.0 Å². The van der Waals surface area contributed by atoms with E-state index in [4.69, 9.17) is 4.98 Å². The predicted molar refractivity (Wildman–Crippen MR) is 148 cm³/mol. The molecule has 0 bridgehead atoms. The maximum absolute atomic E-state index is 12.8. The van der Waals surface area contributed by atoms with Crippen molar-refractivity contribution in [2.45, 2.75) is 58.7 Å². The number of nitrogens with one attached hydrogen (secondary N) is 2. The van der Waals surface area contributed by atoms with E-state index in [0.717, 1.165) is 36.1 Å². The second-order valence-corrected chi connectivity index (χ2v) is 9.56. The van der Waals surface area contributed by atoms with Crippen LogP contribution in [0, 0.1) is 6.92 Å². The molecule has 0 radical (unpaired) electrons. The second kappa shape index (κ2) is 12.2. The maximum Gasteiger partial charge on any atom is 0.405 e. The van der Waals surface area contributed by atoms with Gasteiger partial charge in [-0.2, -0.15) is 13.2 Å². The summed E-state index contributed by atoms with van der Waals surface area (Å²) in [5.41, 5.74) is 2.67. The molecule has 0 aliphatic heterocycles. The summed E-state index contributed by atoms with van der Waals surface area (Å²) in [6.07, 6.45) is -0.112. The Morgan fingerprint density at radius 2 is 1.76 bits per heavy atom. The summed E-state index contributed by atoms with van der Waals surface area (Å²) >= 11 is 0. The van der Waals surface area contributed by atoms with E-state index >= 15 is 0 Å². The SMILES string of the molecule is C=C(NCC(F)(F)F)c1ccc(C)c(N(C(=C)Nc2cc(C(=C)N(C)C)ccn2)C(C)(CC)CCC)n1. The summed E-state index contributed by atoms with van der Waals surface area (Å²) in [7, 11) is 3.85. The quantitative estimate of drug-likeness (QED) is 0.305. The highest BCUT2D eigenvalue weighted by Crippen LogP contribution is 2.35. The molecule has 1 unspecified atom stereocenters. The maximum atomic E-state index is 12.8. The van der Waals surface area contributed by atoms with Crippen LogP contribution < -0.4 is 15.5 Å². The van der Waals surface area contributed by atoms with Crippen molar-refractivity contribution in [3.05, 3.63) is 72.8 Å². The molecule has 0 spiro atoms. The summed E-state index contributed by atoms with van der Waals surface area (Å²) in [5, 5.41) is 5.66. The molecule has 6 nitrogen and oxygen atoms in total. The Hall–Kier alpha value is -3.49. The molecule has 2 N–H and O–H groups in total. The smallest absolute Gasteiger partial charge is 0.378 e. The van der Waals surface area contributed by atoms with Crippen LogP contribution in [0.2, 0.25) is 0 Å². The third-order valence-corrected chi connectivity index (χ3v) is 6.36. The van der Waals surface area contributed by atoms with E-state index in [0.29, 0.717) is 23.2 Å². The van der Waals surface area contributed by atoms with Gasteiger partial charge >= 0.3 is 6.18 Å². The number of aryl methyl sites for hydroxylation is 1. The fourth-order valence-corrected chi connectivity index (χ4v) is 4.04. The van der Waals surface area contributed by atoms with Gasteiger partial charge in [-0.05, 0) is 50.5 Å². The van der Waals surface area contributed by atoms with Crippen LogP contribution >= 0.6 is 0 Å². The van der Waals surface area contributed by atoms with Crippen molar-refractivity contribution in [3.8, 4) is 0 Å². The summed E-state index contributed by atoms with van der Waals surface area (Å²) in [6, 6.07) is 7.28. The van der Waals surface area contributed by atoms with Gasteiger partial charge in [-0.25, -0.2) is 9.97 Å². The number of pyridine rings is 2. The van der Waals surface area contributed by atoms with Gasteiger partial charge in [0, 0.05) is 37.1 Å². The molecule has 2 rings (SSSR count). The van der Waals surface area contributed by atoms with E-state index < -0.39 is 12.7 Å². The van der Waals surface area contributed by atoms with E-state index in [2.05, 4.69) is 56.1 Å².